The summed E-state index contributed by atoms with van der Waals surface area (Å²) in [5.41, 5.74) is 8.86. The van der Waals surface area contributed by atoms with Crippen LogP contribution in [0.5, 0.6) is 0 Å². The average molecular weight is 548 g/mol. The first-order chi connectivity index (χ1) is 17.5. The van der Waals surface area contributed by atoms with Crippen LogP contribution in [0.15, 0.2) is 42.5 Å². The van der Waals surface area contributed by atoms with Gasteiger partial charge in [0, 0.05) is 68.9 Å². The molecule has 3 N–H and O–H groups in total. The fourth-order valence-corrected chi connectivity index (χ4v) is 5.06. The lowest BCUT2D eigenvalue weighted by atomic mass is 9.81. The third-order valence-electron chi connectivity index (χ3n) is 6.88. The smallest absolute Gasteiger partial charge is 0.203 e. The van der Waals surface area contributed by atoms with Crippen LogP contribution in [0.4, 0.5) is 28.4 Å². The van der Waals surface area contributed by atoms with Gasteiger partial charge in [-0.2, -0.15) is 10.6 Å². The Hall–Kier alpha value is -2.08. The number of methoxy groups -OCH3 is 1. The van der Waals surface area contributed by atoms with Gasteiger partial charge < -0.3 is 15.0 Å². The van der Waals surface area contributed by atoms with Gasteiger partial charge in [0.25, 0.3) is 0 Å². The molecule has 1 fully saturated rings. The molecule has 0 saturated carbocycles. The van der Waals surface area contributed by atoms with Crippen LogP contribution < -0.4 is 24.2 Å². The van der Waals surface area contributed by atoms with Gasteiger partial charge in [0.1, 0.15) is 18.5 Å². The number of nitrogens with zero attached hydrogens (tertiary/aromatic N) is 4. The summed E-state index contributed by atoms with van der Waals surface area (Å²) in [6, 6.07) is 11.5. The zero-order valence-corrected chi connectivity index (χ0v) is 24.7. The van der Waals surface area contributed by atoms with Gasteiger partial charge in [-0.15, -0.1) is 0 Å². The minimum atomic E-state index is -0.799. The standard InChI is InChI=1S/C27H43N6O2S2/c1-7-8-9-23-24(28-3)14-15-25(26(23)31-18-16-27(2,17-19-31)20-35-6)29-33(34,37)22-12-10-21(11-13-22)32(36)30(4)5/h8-15,28-29,34,36-37H,7,16-20H2,1-6H3/q+1/b9-8+. The highest BCUT2D eigenvalue weighted by molar-refractivity contribution is 7.81. The molecule has 10 heteroatoms. The molecule has 0 spiro atoms. The van der Waals surface area contributed by atoms with Gasteiger partial charge in [0.2, 0.25) is 5.69 Å². The Morgan fingerprint density at radius 3 is 2.30 bits per heavy atom. The predicted molar refractivity (Wildman–Crippen MR) is 165 cm³/mol. The van der Waals surface area contributed by atoms with Crippen molar-refractivity contribution in [3.8, 4) is 0 Å². The Morgan fingerprint density at radius 2 is 1.76 bits per heavy atom. The molecule has 0 aromatic heterocycles. The Balaban J connectivity index is 1.99. The zero-order chi connectivity index (χ0) is 27.2. The molecular formula is C27H43N6O2S2+. The van der Waals surface area contributed by atoms with Crippen molar-refractivity contribution in [2.75, 3.05) is 68.0 Å². The summed E-state index contributed by atoms with van der Waals surface area (Å²) >= 11 is 9.09. The van der Waals surface area contributed by atoms with E-state index in [1.807, 2.05) is 62.6 Å². The highest BCUT2D eigenvalue weighted by Gasteiger charge is 2.34. The molecule has 0 aliphatic carbocycles. The van der Waals surface area contributed by atoms with Crippen molar-refractivity contribution in [2.24, 2.45) is 5.41 Å². The van der Waals surface area contributed by atoms with Gasteiger partial charge in [0.15, 0.2) is 0 Å². The Morgan fingerprint density at radius 1 is 1.14 bits per heavy atom. The van der Waals surface area contributed by atoms with Crippen LogP contribution in [-0.4, -0.2) is 58.2 Å². The quantitative estimate of drug-likeness (QED) is 0.132. The highest BCUT2D eigenvalue weighted by Crippen LogP contribution is 2.42. The van der Waals surface area contributed by atoms with Gasteiger partial charge in [-0.1, -0.05) is 26.0 Å². The molecule has 1 unspecified atom stereocenters. The number of rotatable bonds is 11. The molecule has 1 heterocycles. The minimum Gasteiger partial charge on any atom is -0.388 e. The van der Waals surface area contributed by atoms with Crippen molar-refractivity contribution < 1.29 is 9.94 Å². The molecule has 8 nitrogen and oxygen atoms in total. The Kier molecular flexibility index (Phi) is 10.1. The van der Waals surface area contributed by atoms with Crippen molar-refractivity contribution in [3.63, 3.8) is 0 Å². The van der Waals surface area contributed by atoms with Gasteiger partial charge in [0.05, 0.1) is 18.0 Å². The monoisotopic (exact) mass is 547 g/mol. The van der Waals surface area contributed by atoms with E-state index in [1.54, 1.807) is 11.5 Å². The van der Waals surface area contributed by atoms with Crippen LogP contribution in [-0.2, 0) is 4.74 Å². The van der Waals surface area contributed by atoms with Gasteiger partial charge >= 0.3 is 0 Å². The van der Waals surface area contributed by atoms with E-state index in [-0.39, 0.29) is 5.41 Å². The summed E-state index contributed by atoms with van der Waals surface area (Å²) in [6.45, 7) is 6.97. The van der Waals surface area contributed by atoms with E-state index in [2.05, 4.69) is 67.3 Å². The molecule has 204 valence electrons. The van der Waals surface area contributed by atoms with E-state index >= 15 is 0 Å². The molecule has 1 aliphatic rings. The maximum atomic E-state index is 11.4. The molecular weight excluding hydrogens is 504 g/mol. The molecule has 0 bridgehead atoms. The van der Waals surface area contributed by atoms with Crippen LogP contribution in [0.2, 0.25) is 0 Å². The summed E-state index contributed by atoms with van der Waals surface area (Å²) in [5, 5.41) is 16.6. The summed E-state index contributed by atoms with van der Waals surface area (Å²) in [7, 11) is 7.53. The van der Waals surface area contributed by atoms with E-state index in [0.29, 0.717) is 5.69 Å². The first-order valence-electron chi connectivity index (χ1n) is 12.7. The van der Waals surface area contributed by atoms with Crippen LogP contribution >= 0.6 is 25.6 Å². The largest absolute Gasteiger partial charge is 0.388 e. The second kappa shape index (κ2) is 12.6. The number of thiol groups is 2. The Labute approximate surface area is 233 Å². The molecule has 1 aliphatic heterocycles. The number of hydrogen-bond acceptors (Lipinski definition) is 9. The number of anilines is 4. The van der Waals surface area contributed by atoms with Gasteiger partial charge in [-0.3, -0.25) is 4.41 Å². The Bertz CT molecular complexity index is 1050. The normalized spacial score (nSPS) is 17.2. The molecule has 3 rings (SSSR count). The lowest BCUT2D eigenvalue weighted by Gasteiger charge is -2.41. The van der Waals surface area contributed by atoms with Gasteiger partial charge in [-0.25, -0.2) is 5.01 Å². The molecule has 0 radical (unpaired) electrons. The number of piperidine rings is 1. The first kappa shape index (κ1) is 29.5. The summed E-state index contributed by atoms with van der Waals surface area (Å²) in [5.74, 6) is 0. The minimum absolute atomic E-state index is 0.161. The van der Waals surface area contributed by atoms with Crippen LogP contribution in [0.25, 0.3) is 6.08 Å². The second-order valence-electron chi connectivity index (χ2n) is 10.1. The number of quaternary nitrogens is 1. The second-order valence-corrected chi connectivity index (χ2v) is 11.0. The van der Waals surface area contributed by atoms with Crippen molar-refractivity contribution in [1.82, 2.24) is 9.17 Å². The van der Waals surface area contributed by atoms with E-state index in [4.69, 9.17) is 4.74 Å². The van der Waals surface area contributed by atoms with Crippen molar-refractivity contribution in [3.05, 3.63) is 48.0 Å². The lowest BCUT2D eigenvalue weighted by molar-refractivity contribution is 0.0526. The lowest BCUT2D eigenvalue weighted by Crippen LogP contribution is -2.44. The third kappa shape index (κ3) is 7.07. The maximum absolute atomic E-state index is 11.4. The predicted octanol–water partition coefficient (Wildman–Crippen LogP) is 6.10. The number of allylic oxidation sites excluding steroid dienone is 1. The molecule has 0 amide bonds. The van der Waals surface area contributed by atoms with Crippen molar-refractivity contribution >= 4 is 60.1 Å². The first-order valence-corrected chi connectivity index (χ1v) is 13.5. The number of hydrazine groups is 1. The molecule has 1 atom stereocenters. The number of nitrogens with one attached hydrogen (secondary N) is 2. The van der Waals surface area contributed by atoms with Crippen molar-refractivity contribution in [1.29, 1.82) is 0 Å². The van der Waals surface area contributed by atoms with E-state index in [9.17, 15) is 5.21 Å². The fraction of sp³-hybridized carbons (Fsp3) is 0.481. The SMILES string of the molecule is CC/C=C/c1c(NC)ccc(N[N+](O)(S)c2ccc(N(S)N(C)C)cc2)c1N1CCC(C)(COC)CC1. The maximum Gasteiger partial charge on any atom is 0.203 e. The van der Waals surface area contributed by atoms with Crippen LogP contribution in [0.3, 0.4) is 0 Å². The third-order valence-corrected chi connectivity index (χ3v) is 7.80. The van der Waals surface area contributed by atoms with E-state index in [1.165, 1.54) is 0 Å². The number of ether oxygens (including phenoxy) is 1. The van der Waals surface area contributed by atoms with E-state index < -0.39 is 4.16 Å². The van der Waals surface area contributed by atoms with Crippen LogP contribution in [0.1, 0.15) is 38.7 Å². The van der Waals surface area contributed by atoms with Crippen molar-refractivity contribution in [2.45, 2.75) is 33.1 Å². The van der Waals surface area contributed by atoms with E-state index in [0.717, 1.165) is 67.3 Å². The summed E-state index contributed by atoms with van der Waals surface area (Å²) < 4.78 is 6.43. The summed E-state index contributed by atoms with van der Waals surface area (Å²) in [6.07, 6.45) is 7.30. The zero-order valence-electron chi connectivity index (χ0n) is 22.9. The topological polar surface area (TPSA) is 63.2 Å². The van der Waals surface area contributed by atoms with Crippen LogP contribution in [0, 0.1) is 5.41 Å². The highest BCUT2D eigenvalue weighted by atomic mass is 32.1. The number of hydrogen-bond donors (Lipinski definition) is 5. The average Bonchev–Trinajstić information content (AvgIpc) is 2.87. The fourth-order valence-electron chi connectivity index (χ4n) is 4.68. The summed E-state index contributed by atoms with van der Waals surface area (Å²) in [4.78, 5) is 2.41. The molecule has 2 aromatic rings. The molecule has 2 aromatic carbocycles. The number of benzene rings is 2. The molecule has 1 saturated heterocycles. The van der Waals surface area contributed by atoms with Gasteiger partial charge in [-0.05, 0) is 61.8 Å². The molecule has 37 heavy (non-hydrogen) atoms.